The average Bonchev–Trinajstić information content (AvgIpc) is 2.60. The van der Waals surface area contributed by atoms with Crippen LogP contribution >= 0.6 is 0 Å². The van der Waals surface area contributed by atoms with Crippen molar-refractivity contribution in [2.24, 2.45) is 5.92 Å². The zero-order chi connectivity index (χ0) is 17.5. The maximum atomic E-state index is 12.3. The van der Waals surface area contributed by atoms with Crippen LogP contribution in [0.5, 0.6) is 0 Å². The molecule has 2 N–H and O–H groups in total. The van der Waals surface area contributed by atoms with Crippen molar-refractivity contribution in [3.05, 3.63) is 47.9 Å². The second-order valence-electron chi connectivity index (χ2n) is 5.59. The number of rotatable bonds is 6. The molecule has 126 valence electrons. The Morgan fingerprint density at radius 1 is 1.17 bits per heavy atom. The number of aromatic nitrogens is 2. The van der Waals surface area contributed by atoms with Crippen molar-refractivity contribution in [1.82, 2.24) is 9.97 Å². The predicted molar refractivity (Wildman–Crippen MR) is 91.1 cm³/mol. The Labute approximate surface area is 140 Å². The van der Waals surface area contributed by atoms with Gasteiger partial charge in [0.05, 0.1) is 12.7 Å². The van der Waals surface area contributed by atoms with E-state index in [0.29, 0.717) is 23.0 Å². The zero-order valence-corrected chi connectivity index (χ0v) is 13.9. The molecular formula is C17H20N4O3. The van der Waals surface area contributed by atoms with Crippen molar-refractivity contribution in [2.45, 2.75) is 13.8 Å². The van der Waals surface area contributed by atoms with E-state index in [4.69, 9.17) is 0 Å². The number of amides is 1. The maximum Gasteiger partial charge on any atom is 0.337 e. The minimum atomic E-state index is -0.426. The van der Waals surface area contributed by atoms with E-state index in [1.165, 1.54) is 13.4 Å². The number of nitrogens with one attached hydrogen (secondary N) is 2. The first-order chi connectivity index (χ1) is 11.5. The Morgan fingerprint density at radius 3 is 2.50 bits per heavy atom. The molecule has 0 aliphatic heterocycles. The highest BCUT2D eigenvalue weighted by Gasteiger charge is 2.10. The Hall–Kier alpha value is -2.96. The maximum absolute atomic E-state index is 12.3. The molecule has 2 aromatic rings. The summed E-state index contributed by atoms with van der Waals surface area (Å²) in [4.78, 5) is 31.7. The lowest BCUT2D eigenvalue weighted by atomic mass is 10.2. The van der Waals surface area contributed by atoms with Crippen LogP contribution in [0.2, 0.25) is 0 Å². The summed E-state index contributed by atoms with van der Waals surface area (Å²) in [6.07, 6.45) is 1.35. The first-order valence-corrected chi connectivity index (χ1v) is 7.55. The highest BCUT2D eigenvalue weighted by molar-refractivity contribution is 6.03. The molecule has 1 aromatic heterocycles. The molecule has 0 saturated heterocycles. The van der Waals surface area contributed by atoms with Crippen molar-refractivity contribution >= 4 is 23.4 Å². The number of carbonyl (C=O) groups is 2. The molecule has 0 radical (unpaired) electrons. The van der Waals surface area contributed by atoms with Crippen molar-refractivity contribution in [2.75, 3.05) is 24.3 Å². The lowest BCUT2D eigenvalue weighted by Gasteiger charge is -2.09. The standard InChI is InChI=1S/C17H20N4O3/c1-11(2)9-18-15-8-14(19-10-20-15)16(22)21-13-6-4-12(5-7-13)17(23)24-3/h4-8,10-11H,9H2,1-3H3,(H,21,22)(H,18,19,20). The molecule has 2 rings (SSSR count). The summed E-state index contributed by atoms with van der Waals surface area (Å²) < 4.78 is 4.63. The van der Waals surface area contributed by atoms with Crippen LogP contribution in [0.1, 0.15) is 34.7 Å². The lowest BCUT2D eigenvalue weighted by Crippen LogP contribution is -2.15. The monoisotopic (exact) mass is 328 g/mol. The first kappa shape index (κ1) is 17.4. The number of benzene rings is 1. The molecule has 0 bridgehead atoms. The number of esters is 1. The Bertz CT molecular complexity index is 714. The molecule has 0 fully saturated rings. The second-order valence-corrected chi connectivity index (χ2v) is 5.59. The lowest BCUT2D eigenvalue weighted by molar-refractivity contribution is 0.0600. The summed E-state index contributed by atoms with van der Waals surface area (Å²) in [5, 5.41) is 5.87. The average molecular weight is 328 g/mol. The molecule has 1 heterocycles. The van der Waals surface area contributed by atoms with Crippen LogP contribution in [-0.4, -0.2) is 35.5 Å². The van der Waals surface area contributed by atoms with Crippen LogP contribution in [0.3, 0.4) is 0 Å². The minimum Gasteiger partial charge on any atom is -0.465 e. The van der Waals surface area contributed by atoms with E-state index in [9.17, 15) is 9.59 Å². The van der Waals surface area contributed by atoms with E-state index in [0.717, 1.165) is 6.54 Å². The fourth-order valence-corrected chi connectivity index (χ4v) is 1.89. The number of nitrogens with zero attached hydrogens (tertiary/aromatic N) is 2. The number of methoxy groups -OCH3 is 1. The summed E-state index contributed by atoms with van der Waals surface area (Å²) in [5.74, 6) is 0.288. The second kappa shape index (κ2) is 8.05. The van der Waals surface area contributed by atoms with E-state index in [1.54, 1.807) is 30.3 Å². The van der Waals surface area contributed by atoms with Crippen molar-refractivity contribution in [3.63, 3.8) is 0 Å². The van der Waals surface area contributed by atoms with E-state index >= 15 is 0 Å². The number of hydrogen-bond donors (Lipinski definition) is 2. The highest BCUT2D eigenvalue weighted by atomic mass is 16.5. The van der Waals surface area contributed by atoms with Gasteiger partial charge in [0, 0.05) is 18.3 Å². The van der Waals surface area contributed by atoms with Crippen molar-refractivity contribution in [3.8, 4) is 0 Å². The van der Waals surface area contributed by atoms with Gasteiger partial charge in [0.1, 0.15) is 17.8 Å². The Morgan fingerprint density at radius 2 is 1.88 bits per heavy atom. The van der Waals surface area contributed by atoms with Crippen LogP contribution in [0.25, 0.3) is 0 Å². The summed E-state index contributed by atoms with van der Waals surface area (Å²) in [6.45, 7) is 4.92. The third-order valence-corrected chi connectivity index (χ3v) is 3.16. The van der Waals surface area contributed by atoms with Gasteiger partial charge < -0.3 is 15.4 Å². The zero-order valence-electron chi connectivity index (χ0n) is 13.9. The first-order valence-electron chi connectivity index (χ1n) is 7.55. The third kappa shape index (κ3) is 4.77. The molecular weight excluding hydrogens is 308 g/mol. The van der Waals surface area contributed by atoms with Crippen LogP contribution < -0.4 is 10.6 Å². The molecule has 7 nitrogen and oxygen atoms in total. The minimum absolute atomic E-state index is 0.258. The summed E-state index contributed by atoms with van der Waals surface area (Å²) in [5.41, 5.74) is 1.23. The molecule has 0 saturated carbocycles. The SMILES string of the molecule is COC(=O)c1ccc(NC(=O)c2cc(NCC(C)C)ncn2)cc1. The van der Waals surface area contributed by atoms with Gasteiger partial charge in [-0.05, 0) is 30.2 Å². The Kier molecular flexibility index (Phi) is 5.83. The molecule has 7 heteroatoms. The van der Waals surface area contributed by atoms with Gasteiger partial charge >= 0.3 is 5.97 Å². The number of carbonyl (C=O) groups excluding carboxylic acids is 2. The molecule has 24 heavy (non-hydrogen) atoms. The topological polar surface area (TPSA) is 93.2 Å². The van der Waals surface area contributed by atoms with Crippen molar-refractivity contribution < 1.29 is 14.3 Å². The quantitative estimate of drug-likeness (QED) is 0.792. The molecule has 0 atom stereocenters. The van der Waals surface area contributed by atoms with E-state index in [2.05, 4.69) is 39.2 Å². The third-order valence-electron chi connectivity index (χ3n) is 3.16. The van der Waals surface area contributed by atoms with Crippen molar-refractivity contribution in [1.29, 1.82) is 0 Å². The van der Waals surface area contributed by atoms with Gasteiger partial charge in [-0.25, -0.2) is 14.8 Å². The van der Waals surface area contributed by atoms with Crippen LogP contribution in [0.15, 0.2) is 36.7 Å². The van der Waals surface area contributed by atoms with Gasteiger partial charge in [-0.3, -0.25) is 4.79 Å². The molecule has 0 spiro atoms. The summed E-state index contributed by atoms with van der Waals surface area (Å²) in [6, 6.07) is 8.02. The molecule has 1 aromatic carbocycles. The van der Waals surface area contributed by atoms with Gasteiger partial charge in [-0.1, -0.05) is 13.8 Å². The number of hydrogen-bond acceptors (Lipinski definition) is 6. The number of anilines is 2. The van der Waals surface area contributed by atoms with Gasteiger partial charge in [0.2, 0.25) is 0 Å². The molecule has 0 aliphatic carbocycles. The molecule has 1 amide bonds. The Balaban J connectivity index is 2.04. The van der Waals surface area contributed by atoms with Crippen LogP contribution in [0.4, 0.5) is 11.5 Å². The molecule has 0 unspecified atom stereocenters. The van der Waals surface area contributed by atoms with Crippen LogP contribution in [-0.2, 0) is 4.74 Å². The summed E-state index contributed by atoms with van der Waals surface area (Å²) >= 11 is 0. The van der Waals surface area contributed by atoms with E-state index < -0.39 is 5.97 Å². The normalized spacial score (nSPS) is 10.3. The van der Waals surface area contributed by atoms with Gasteiger partial charge in [-0.15, -0.1) is 0 Å². The largest absolute Gasteiger partial charge is 0.465 e. The van der Waals surface area contributed by atoms with Crippen LogP contribution in [0, 0.1) is 5.92 Å². The van der Waals surface area contributed by atoms with E-state index in [1.807, 2.05) is 0 Å². The smallest absolute Gasteiger partial charge is 0.337 e. The molecule has 0 aliphatic rings. The summed E-state index contributed by atoms with van der Waals surface area (Å²) in [7, 11) is 1.32. The highest BCUT2D eigenvalue weighted by Crippen LogP contribution is 2.12. The fraction of sp³-hybridized carbons (Fsp3) is 0.294. The van der Waals surface area contributed by atoms with Gasteiger partial charge in [0.25, 0.3) is 5.91 Å². The predicted octanol–water partition coefficient (Wildman–Crippen LogP) is 2.58. The number of ether oxygens (including phenoxy) is 1. The van der Waals surface area contributed by atoms with Gasteiger partial charge in [-0.2, -0.15) is 0 Å². The van der Waals surface area contributed by atoms with Gasteiger partial charge in [0.15, 0.2) is 0 Å². The fourth-order valence-electron chi connectivity index (χ4n) is 1.89. The van der Waals surface area contributed by atoms with E-state index in [-0.39, 0.29) is 11.6 Å².